The lowest BCUT2D eigenvalue weighted by molar-refractivity contribution is -0.180. The number of aliphatic hydroxyl groups is 1. The molecule has 2 aromatic carbocycles. The molecule has 1 saturated carbocycles. The van der Waals surface area contributed by atoms with Gasteiger partial charge in [0, 0.05) is 24.3 Å². The normalized spacial score (nSPS) is 18.1. The molecule has 0 aromatic heterocycles. The van der Waals surface area contributed by atoms with Crippen LogP contribution in [0.25, 0.3) is 0 Å². The van der Waals surface area contributed by atoms with E-state index >= 15 is 0 Å². The smallest absolute Gasteiger partial charge is 0.329 e. The summed E-state index contributed by atoms with van der Waals surface area (Å²) in [5.74, 6) is -5.54. The van der Waals surface area contributed by atoms with Crippen molar-refractivity contribution in [3.63, 3.8) is 0 Å². The first-order valence-corrected chi connectivity index (χ1v) is 13.3. The van der Waals surface area contributed by atoms with E-state index in [1.54, 1.807) is 6.92 Å². The molecular weight excluding hydrogens is 492 g/mol. The van der Waals surface area contributed by atoms with Crippen molar-refractivity contribution < 1.29 is 33.3 Å². The van der Waals surface area contributed by atoms with Crippen molar-refractivity contribution in [3.8, 4) is 5.75 Å². The summed E-state index contributed by atoms with van der Waals surface area (Å²) in [5, 5.41) is 22.4. The Morgan fingerprint density at radius 1 is 1.11 bits per heavy atom. The first-order valence-electron chi connectivity index (χ1n) is 13.3. The number of rotatable bonds is 13. The van der Waals surface area contributed by atoms with Gasteiger partial charge in [0.25, 0.3) is 5.92 Å². The number of aliphatic carboxylic acids is 1. The number of nitrogens with one attached hydrogen (secondary N) is 1. The number of hydrogen-bond donors (Lipinski definition) is 3. The highest BCUT2D eigenvalue weighted by atomic mass is 19.3. The summed E-state index contributed by atoms with van der Waals surface area (Å²) in [6.07, 6.45) is 0.274. The van der Waals surface area contributed by atoms with Crippen LogP contribution in [0.2, 0.25) is 0 Å². The fourth-order valence-corrected chi connectivity index (χ4v) is 5.50. The molecule has 6 nitrogen and oxygen atoms in total. The number of unbranched alkanes of at least 4 members (excludes halogenated alkanes) is 1. The Balaban J connectivity index is 1.85. The average molecular weight is 532 g/mol. The van der Waals surface area contributed by atoms with Gasteiger partial charge in [0.2, 0.25) is 5.91 Å². The van der Waals surface area contributed by atoms with E-state index in [1.807, 2.05) is 63.2 Å². The van der Waals surface area contributed by atoms with Crippen molar-refractivity contribution in [2.75, 3.05) is 6.61 Å². The number of benzene rings is 2. The van der Waals surface area contributed by atoms with Gasteiger partial charge in [0.1, 0.15) is 11.3 Å². The SMILES string of the molecule is CCOc1cc(C(C)C(CCCCc2ccccc2)C(=O)NC2(C(=O)O)CC(F)(F)C2)cc(C)c1C(C)O. The predicted octanol–water partition coefficient (Wildman–Crippen LogP) is 5.95. The standard InChI is InChI=1S/C30H39F2NO5/c1-5-38-25-16-23(15-19(2)26(25)21(4)34)20(3)24(14-10-9-13-22-11-7-6-8-12-22)27(35)33-29(28(36)37)17-30(31,32)18-29/h6-8,11-12,15-16,20-21,24,34H,5,9-10,13-14,17-18H2,1-4H3,(H,33,35)(H,36,37). The van der Waals surface area contributed by atoms with Crippen LogP contribution in [0.1, 0.15) is 87.2 Å². The van der Waals surface area contributed by atoms with Crippen LogP contribution in [-0.4, -0.2) is 40.2 Å². The second-order valence-corrected chi connectivity index (χ2v) is 10.6. The minimum atomic E-state index is -3.11. The van der Waals surface area contributed by atoms with Crippen LogP contribution in [0.3, 0.4) is 0 Å². The lowest BCUT2D eigenvalue weighted by Crippen LogP contribution is -2.67. The van der Waals surface area contributed by atoms with Gasteiger partial charge in [-0.05, 0) is 68.7 Å². The maximum absolute atomic E-state index is 13.7. The Morgan fingerprint density at radius 3 is 2.32 bits per heavy atom. The summed E-state index contributed by atoms with van der Waals surface area (Å²) in [7, 11) is 0. The van der Waals surface area contributed by atoms with Crippen LogP contribution in [0.5, 0.6) is 5.75 Å². The molecule has 3 unspecified atom stereocenters. The van der Waals surface area contributed by atoms with Crippen molar-refractivity contribution in [3.05, 3.63) is 64.7 Å². The molecule has 0 heterocycles. The zero-order chi connectivity index (χ0) is 28.1. The van der Waals surface area contributed by atoms with E-state index in [1.165, 1.54) is 5.56 Å². The van der Waals surface area contributed by atoms with Crippen molar-refractivity contribution >= 4 is 11.9 Å². The average Bonchev–Trinajstić information content (AvgIpc) is 2.82. The molecule has 3 rings (SSSR count). The van der Waals surface area contributed by atoms with Crippen molar-refractivity contribution in [1.82, 2.24) is 5.32 Å². The molecule has 38 heavy (non-hydrogen) atoms. The van der Waals surface area contributed by atoms with Crippen molar-refractivity contribution in [1.29, 1.82) is 0 Å². The zero-order valence-corrected chi connectivity index (χ0v) is 22.6. The first kappa shape index (κ1) is 29.6. The van der Waals surface area contributed by atoms with Crippen LogP contribution in [0.4, 0.5) is 8.78 Å². The molecule has 1 aliphatic rings. The van der Waals surface area contributed by atoms with Gasteiger partial charge in [-0.2, -0.15) is 0 Å². The van der Waals surface area contributed by atoms with Gasteiger partial charge in [-0.1, -0.05) is 49.7 Å². The van der Waals surface area contributed by atoms with Gasteiger partial charge < -0.3 is 20.3 Å². The first-order chi connectivity index (χ1) is 17.9. The summed E-state index contributed by atoms with van der Waals surface area (Å²) >= 11 is 0. The van der Waals surface area contributed by atoms with Gasteiger partial charge in [-0.25, -0.2) is 13.6 Å². The van der Waals surface area contributed by atoms with Crippen LogP contribution < -0.4 is 10.1 Å². The topological polar surface area (TPSA) is 95.9 Å². The Hall–Kier alpha value is -3.00. The lowest BCUT2D eigenvalue weighted by Gasteiger charge is -2.45. The highest BCUT2D eigenvalue weighted by Gasteiger charge is 2.62. The summed E-state index contributed by atoms with van der Waals surface area (Å²) in [4.78, 5) is 25.4. The number of carbonyl (C=O) groups excluding carboxylic acids is 1. The molecule has 3 N–H and O–H groups in total. The number of aliphatic hydroxyl groups excluding tert-OH is 1. The molecular formula is C30H39F2NO5. The van der Waals surface area contributed by atoms with Gasteiger partial charge >= 0.3 is 5.97 Å². The van der Waals surface area contributed by atoms with E-state index in [2.05, 4.69) is 5.32 Å². The lowest BCUT2D eigenvalue weighted by atomic mass is 9.72. The van der Waals surface area contributed by atoms with Crippen molar-refractivity contribution in [2.45, 2.75) is 89.7 Å². The third-order valence-corrected chi connectivity index (χ3v) is 7.52. The van der Waals surface area contributed by atoms with Gasteiger partial charge in [0.15, 0.2) is 0 Å². The third-order valence-electron chi connectivity index (χ3n) is 7.52. The van der Waals surface area contributed by atoms with E-state index in [9.17, 15) is 28.6 Å². The highest BCUT2D eigenvalue weighted by Crippen LogP contribution is 2.46. The number of carbonyl (C=O) groups is 2. The highest BCUT2D eigenvalue weighted by molar-refractivity contribution is 5.89. The monoisotopic (exact) mass is 531 g/mol. The Labute approximate surface area is 223 Å². The molecule has 0 spiro atoms. The minimum absolute atomic E-state index is 0.348. The van der Waals surface area contributed by atoms with E-state index in [4.69, 9.17) is 4.74 Å². The third kappa shape index (κ3) is 6.90. The van der Waals surface area contributed by atoms with Gasteiger partial charge in [-0.15, -0.1) is 0 Å². The zero-order valence-electron chi connectivity index (χ0n) is 22.6. The van der Waals surface area contributed by atoms with E-state index in [-0.39, 0.29) is 5.92 Å². The Kier molecular flexibility index (Phi) is 9.52. The number of halogens is 2. The molecule has 0 bridgehead atoms. The maximum Gasteiger partial charge on any atom is 0.329 e. The minimum Gasteiger partial charge on any atom is -0.493 e. The second kappa shape index (κ2) is 12.2. The number of carboxylic acid groups (broad SMARTS) is 1. The molecule has 1 fully saturated rings. The molecule has 1 aliphatic carbocycles. The number of hydrogen-bond acceptors (Lipinski definition) is 4. The Morgan fingerprint density at radius 2 is 1.76 bits per heavy atom. The molecule has 8 heteroatoms. The molecule has 0 radical (unpaired) electrons. The molecule has 2 aromatic rings. The molecule has 3 atom stereocenters. The molecule has 208 valence electrons. The van der Waals surface area contributed by atoms with Crippen LogP contribution in [-0.2, 0) is 16.0 Å². The Bertz CT molecular complexity index is 1110. The number of amides is 1. The fraction of sp³-hybridized carbons (Fsp3) is 0.533. The molecule has 1 amide bonds. The van der Waals surface area contributed by atoms with Crippen molar-refractivity contribution in [2.24, 2.45) is 5.92 Å². The van der Waals surface area contributed by atoms with Gasteiger partial charge in [-0.3, -0.25) is 4.79 Å². The summed E-state index contributed by atoms with van der Waals surface area (Å²) in [6.45, 7) is 7.66. The van der Waals surface area contributed by atoms with E-state index < -0.39 is 48.2 Å². The van der Waals surface area contributed by atoms with Crippen LogP contribution in [0, 0.1) is 12.8 Å². The second-order valence-electron chi connectivity index (χ2n) is 10.6. The fourth-order valence-electron chi connectivity index (χ4n) is 5.50. The van der Waals surface area contributed by atoms with Crippen LogP contribution >= 0.6 is 0 Å². The maximum atomic E-state index is 13.7. The van der Waals surface area contributed by atoms with E-state index in [0.29, 0.717) is 30.8 Å². The molecule has 0 saturated heterocycles. The molecule has 0 aliphatic heterocycles. The number of aryl methyl sites for hydroxylation is 2. The number of alkyl halides is 2. The van der Waals surface area contributed by atoms with Gasteiger partial charge in [0.05, 0.1) is 12.7 Å². The largest absolute Gasteiger partial charge is 0.493 e. The predicted molar refractivity (Wildman–Crippen MR) is 142 cm³/mol. The summed E-state index contributed by atoms with van der Waals surface area (Å²) in [6, 6.07) is 13.7. The van der Waals surface area contributed by atoms with Crippen LogP contribution in [0.15, 0.2) is 42.5 Å². The quantitative estimate of drug-likeness (QED) is 0.278. The van der Waals surface area contributed by atoms with E-state index in [0.717, 1.165) is 24.0 Å². The number of ether oxygens (including phenoxy) is 1. The number of carboxylic acids is 1. The summed E-state index contributed by atoms with van der Waals surface area (Å²) in [5.41, 5.74) is 1.53. The summed E-state index contributed by atoms with van der Waals surface area (Å²) < 4.78 is 33.2.